The van der Waals surface area contributed by atoms with Gasteiger partial charge in [0.1, 0.15) is 31.1 Å². The normalized spacial score (nSPS) is 12.3. The fraction of sp³-hybridized carbons (Fsp3) is 0.268. The molecule has 0 aliphatic heterocycles. The van der Waals surface area contributed by atoms with Gasteiger partial charge in [-0.3, -0.25) is 14.4 Å². The Hall–Kier alpha value is -6.34. The first kappa shape index (κ1) is 40.4. The molecule has 0 saturated heterocycles. The van der Waals surface area contributed by atoms with E-state index in [0.717, 1.165) is 16.7 Å². The Morgan fingerprint density at radius 1 is 0.667 bits per heavy atom. The standard InChI is InChI=1S/C41H42N2O11/c1-29(45)53-36-20-18-34(22-37(36)54-30(2)46)23-41(27-44,28-50-24-31-12-6-3-7-13-31)43-38(47)21-19-35(39(48)51-25-32-14-8-4-9-15-32)42-40(49)52-26-33-16-10-5-11-17-33/h3-18,20,22,27,35H,19,21,23-26,28H2,1-2H3,(H,42,49)(H,43,47)/t35-,41?/m0/s1. The Morgan fingerprint density at radius 2 is 1.20 bits per heavy atom. The summed E-state index contributed by atoms with van der Waals surface area (Å²) in [5.74, 6) is -2.81. The molecule has 13 heteroatoms. The molecule has 2 amide bonds. The topological polar surface area (TPSA) is 173 Å². The average Bonchev–Trinajstić information content (AvgIpc) is 3.16. The Bertz CT molecular complexity index is 1870. The van der Waals surface area contributed by atoms with E-state index in [1.807, 2.05) is 42.5 Å². The molecule has 13 nitrogen and oxygen atoms in total. The van der Waals surface area contributed by atoms with Gasteiger partial charge in [-0.1, -0.05) is 97.1 Å². The smallest absolute Gasteiger partial charge is 0.408 e. The highest BCUT2D eigenvalue weighted by atomic mass is 16.6. The number of carbonyl (C=O) groups excluding carboxylic acids is 6. The molecule has 4 aromatic rings. The van der Waals surface area contributed by atoms with E-state index in [2.05, 4.69) is 10.6 Å². The lowest BCUT2D eigenvalue weighted by Crippen LogP contribution is -2.55. The summed E-state index contributed by atoms with van der Waals surface area (Å²) in [5, 5.41) is 5.25. The zero-order valence-electron chi connectivity index (χ0n) is 30.0. The molecule has 54 heavy (non-hydrogen) atoms. The number of nitrogens with one attached hydrogen (secondary N) is 2. The van der Waals surface area contributed by atoms with Crippen molar-refractivity contribution in [1.82, 2.24) is 10.6 Å². The number of benzene rings is 4. The van der Waals surface area contributed by atoms with Crippen LogP contribution < -0.4 is 20.1 Å². The van der Waals surface area contributed by atoms with Crippen LogP contribution in [0.4, 0.5) is 4.79 Å². The quantitative estimate of drug-likeness (QED) is 0.0739. The molecule has 1 unspecified atom stereocenters. The van der Waals surface area contributed by atoms with E-state index < -0.39 is 41.5 Å². The number of rotatable bonds is 19. The van der Waals surface area contributed by atoms with Crippen molar-refractivity contribution in [2.45, 2.75) is 64.5 Å². The van der Waals surface area contributed by atoms with Crippen molar-refractivity contribution in [1.29, 1.82) is 0 Å². The molecule has 0 saturated carbocycles. The van der Waals surface area contributed by atoms with Gasteiger partial charge in [0, 0.05) is 26.7 Å². The van der Waals surface area contributed by atoms with Gasteiger partial charge in [0.2, 0.25) is 5.91 Å². The van der Waals surface area contributed by atoms with E-state index in [1.54, 1.807) is 54.6 Å². The van der Waals surface area contributed by atoms with Crippen LogP contribution in [0.15, 0.2) is 109 Å². The molecule has 0 spiro atoms. The molecule has 282 valence electrons. The predicted molar refractivity (Wildman–Crippen MR) is 195 cm³/mol. The first-order chi connectivity index (χ1) is 26.0. The molecule has 0 fully saturated rings. The van der Waals surface area contributed by atoms with Gasteiger partial charge in [-0.25, -0.2) is 9.59 Å². The minimum absolute atomic E-state index is 0.0116. The van der Waals surface area contributed by atoms with Crippen molar-refractivity contribution in [3.8, 4) is 11.5 Å². The fourth-order valence-electron chi connectivity index (χ4n) is 5.26. The summed E-state index contributed by atoms with van der Waals surface area (Å²) in [6, 6.07) is 30.2. The summed E-state index contributed by atoms with van der Waals surface area (Å²) in [4.78, 5) is 75.9. The second-order valence-corrected chi connectivity index (χ2v) is 12.3. The maximum Gasteiger partial charge on any atom is 0.408 e. The first-order valence-corrected chi connectivity index (χ1v) is 17.1. The molecule has 4 rings (SSSR count). The van der Waals surface area contributed by atoms with Crippen LogP contribution in [0, 0.1) is 0 Å². The van der Waals surface area contributed by atoms with Gasteiger partial charge < -0.3 is 39.1 Å². The van der Waals surface area contributed by atoms with Crippen LogP contribution in [0.5, 0.6) is 11.5 Å². The summed E-state index contributed by atoms with van der Waals surface area (Å²) in [6.07, 6.45) is -0.987. The van der Waals surface area contributed by atoms with E-state index >= 15 is 0 Å². The van der Waals surface area contributed by atoms with Crippen LogP contribution >= 0.6 is 0 Å². The first-order valence-electron chi connectivity index (χ1n) is 17.1. The summed E-state index contributed by atoms with van der Waals surface area (Å²) in [6.45, 7) is 2.12. The highest BCUT2D eigenvalue weighted by molar-refractivity contribution is 5.85. The molecule has 0 aliphatic carbocycles. The third-order valence-corrected chi connectivity index (χ3v) is 7.79. The van der Waals surface area contributed by atoms with Crippen molar-refractivity contribution in [2.75, 3.05) is 6.61 Å². The van der Waals surface area contributed by atoms with Gasteiger partial charge in [-0.2, -0.15) is 0 Å². The number of amides is 2. The summed E-state index contributed by atoms with van der Waals surface area (Å²) in [5.41, 5.74) is 1.07. The molecule has 0 aliphatic rings. The van der Waals surface area contributed by atoms with E-state index in [4.69, 9.17) is 23.7 Å². The Labute approximate surface area is 312 Å². The van der Waals surface area contributed by atoms with Gasteiger partial charge in [0.05, 0.1) is 13.2 Å². The molecule has 0 aromatic heterocycles. The SMILES string of the molecule is CC(=O)Oc1ccc(CC(C=O)(COCc2ccccc2)NC(=O)CC[C@H](NC(=O)OCc2ccccc2)C(=O)OCc2ccccc2)cc1OC(C)=O. The Morgan fingerprint density at radius 3 is 1.76 bits per heavy atom. The van der Waals surface area contributed by atoms with Gasteiger partial charge >= 0.3 is 24.0 Å². The lowest BCUT2D eigenvalue weighted by Gasteiger charge is -2.30. The molecule has 2 atom stereocenters. The summed E-state index contributed by atoms with van der Waals surface area (Å²) < 4.78 is 27.1. The van der Waals surface area contributed by atoms with Crippen LogP contribution in [-0.4, -0.2) is 54.4 Å². The van der Waals surface area contributed by atoms with Crippen molar-refractivity contribution in [3.05, 3.63) is 131 Å². The molecule has 0 radical (unpaired) electrons. The van der Waals surface area contributed by atoms with Gasteiger partial charge in [-0.15, -0.1) is 0 Å². The Balaban J connectivity index is 1.51. The molecular formula is C41H42N2O11. The lowest BCUT2D eigenvalue weighted by molar-refractivity contribution is -0.147. The number of hydrogen-bond donors (Lipinski definition) is 2. The zero-order chi connectivity index (χ0) is 38.8. The number of alkyl carbamates (subject to hydrolysis) is 1. The third kappa shape index (κ3) is 13.7. The maximum absolute atomic E-state index is 13.6. The van der Waals surface area contributed by atoms with E-state index in [0.29, 0.717) is 11.8 Å². The zero-order valence-corrected chi connectivity index (χ0v) is 30.0. The van der Waals surface area contributed by atoms with Crippen LogP contribution in [0.1, 0.15) is 48.9 Å². The monoisotopic (exact) mass is 738 g/mol. The minimum atomic E-state index is -1.65. The minimum Gasteiger partial charge on any atom is -0.459 e. The molecule has 4 aromatic carbocycles. The van der Waals surface area contributed by atoms with E-state index in [-0.39, 0.29) is 57.2 Å². The summed E-state index contributed by atoms with van der Waals surface area (Å²) >= 11 is 0. The molecular weight excluding hydrogens is 696 g/mol. The maximum atomic E-state index is 13.6. The number of ether oxygens (including phenoxy) is 5. The largest absolute Gasteiger partial charge is 0.459 e. The number of esters is 3. The Kier molecular flexibility index (Phi) is 15.4. The number of aldehydes is 1. The van der Waals surface area contributed by atoms with E-state index in [1.165, 1.54) is 26.0 Å². The number of carbonyl (C=O) groups is 6. The van der Waals surface area contributed by atoms with Crippen LogP contribution in [-0.2, 0) is 64.4 Å². The van der Waals surface area contributed by atoms with Gasteiger partial charge in [0.15, 0.2) is 11.5 Å². The highest BCUT2D eigenvalue weighted by Gasteiger charge is 2.34. The van der Waals surface area contributed by atoms with Crippen LogP contribution in [0.25, 0.3) is 0 Å². The van der Waals surface area contributed by atoms with Crippen molar-refractivity contribution >= 4 is 36.2 Å². The van der Waals surface area contributed by atoms with E-state index in [9.17, 15) is 28.8 Å². The predicted octanol–water partition coefficient (Wildman–Crippen LogP) is 5.17. The second kappa shape index (κ2) is 20.6. The molecule has 2 N–H and O–H groups in total. The molecule has 0 bridgehead atoms. The highest BCUT2D eigenvalue weighted by Crippen LogP contribution is 2.30. The summed E-state index contributed by atoms with van der Waals surface area (Å²) in [7, 11) is 0. The van der Waals surface area contributed by atoms with Gasteiger partial charge in [-0.05, 0) is 40.8 Å². The van der Waals surface area contributed by atoms with Crippen LogP contribution in [0.2, 0.25) is 0 Å². The fourth-order valence-corrected chi connectivity index (χ4v) is 5.26. The van der Waals surface area contributed by atoms with Crippen molar-refractivity contribution in [3.63, 3.8) is 0 Å². The van der Waals surface area contributed by atoms with Crippen LogP contribution in [0.3, 0.4) is 0 Å². The second-order valence-electron chi connectivity index (χ2n) is 12.3. The number of hydrogen-bond acceptors (Lipinski definition) is 11. The average molecular weight is 739 g/mol. The molecule has 0 heterocycles. The van der Waals surface area contributed by atoms with Gasteiger partial charge in [0.25, 0.3) is 0 Å². The van der Waals surface area contributed by atoms with Crippen molar-refractivity contribution in [2.24, 2.45) is 0 Å². The third-order valence-electron chi connectivity index (χ3n) is 7.79. The van der Waals surface area contributed by atoms with Crippen molar-refractivity contribution < 1.29 is 52.5 Å². The lowest BCUT2D eigenvalue weighted by atomic mass is 9.92.